The van der Waals surface area contributed by atoms with E-state index in [-0.39, 0.29) is 17.0 Å². The van der Waals surface area contributed by atoms with Gasteiger partial charge in [0.25, 0.3) is 0 Å². The molecule has 8 rings (SSSR count). The summed E-state index contributed by atoms with van der Waals surface area (Å²) in [5.41, 5.74) is 3.01. The first-order valence-corrected chi connectivity index (χ1v) is 12.0. The number of fused-ring (bicyclic) bond motifs is 1. The van der Waals surface area contributed by atoms with Crippen LogP contribution in [0.1, 0.15) is 44.1 Å². The highest BCUT2D eigenvalue weighted by molar-refractivity contribution is 6.32. The molecule has 5 fully saturated rings. The van der Waals surface area contributed by atoms with Crippen LogP contribution in [0, 0.1) is 5.92 Å². The molecule has 1 aromatic carbocycles. The van der Waals surface area contributed by atoms with Gasteiger partial charge in [-0.1, -0.05) is 11.6 Å². The monoisotopic (exact) mass is 455 g/mol. The molecule has 2 atom stereocenters. The molecule has 2 bridgehead atoms. The normalized spacial score (nSPS) is 33.5. The van der Waals surface area contributed by atoms with E-state index in [0.717, 1.165) is 41.0 Å². The molecule has 3 aromatic rings. The van der Waals surface area contributed by atoms with Crippen LogP contribution < -0.4 is 0 Å². The van der Waals surface area contributed by atoms with Crippen LogP contribution in [0.5, 0.6) is 0 Å². The molecule has 2 aromatic heterocycles. The fraction of sp³-hybridized carbons (Fsp3) is 0.583. The van der Waals surface area contributed by atoms with E-state index in [1.807, 2.05) is 29.2 Å². The first-order valence-electron chi connectivity index (χ1n) is 11.6. The molecule has 0 N–H and O–H groups in total. The third-order valence-electron chi connectivity index (χ3n) is 8.52. The van der Waals surface area contributed by atoms with Gasteiger partial charge in [-0.2, -0.15) is 10.2 Å². The molecule has 2 aliphatic heterocycles. The summed E-state index contributed by atoms with van der Waals surface area (Å²) in [6.45, 7) is 4.81. The van der Waals surface area contributed by atoms with Gasteiger partial charge in [-0.25, -0.2) is 9.07 Å². The first-order chi connectivity index (χ1) is 15.4. The van der Waals surface area contributed by atoms with Crippen molar-refractivity contribution in [3.63, 3.8) is 0 Å². The number of hydrogen-bond acceptors (Lipinski definition) is 4. The molecule has 8 heteroatoms. The summed E-state index contributed by atoms with van der Waals surface area (Å²) in [6.07, 6.45) is 9.35. The summed E-state index contributed by atoms with van der Waals surface area (Å²) in [4.78, 5) is 2.24. The highest BCUT2D eigenvalue weighted by atomic mass is 35.5. The molecule has 32 heavy (non-hydrogen) atoms. The van der Waals surface area contributed by atoms with Crippen molar-refractivity contribution in [2.45, 2.75) is 55.8 Å². The maximum atomic E-state index is 15.4. The topological polar surface area (TPSA) is 48.1 Å². The molecule has 6 nitrogen and oxygen atoms in total. The minimum absolute atomic E-state index is 0.0256. The Hall–Kier alpha value is -1.96. The molecule has 0 amide bonds. The van der Waals surface area contributed by atoms with Crippen LogP contribution in [0.25, 0.3) is 16.6 Å². The zero-order valence-corrected chi connectivity index (χ0v) is 18.9. The fourth-order valence-corrected chi connectivity index (χ4v) is 6.59. The Balaban J connectivity index is 1.20. The highest BCUT2D eigenvalue weighted by Gasteiger charge is 2.58. The van der Waals surface area contributed by atoms with E-state index in [1.165, 1.54) is 19.3 Å². The van der Waals surface area contributed by atoms with Gasteiger partial charge in [-0.3, -0.25) is 9.58 Å². The largest absolute Gasteiger partial charge is 0.377 e. The Morgan fingerprint density at radius 1 is 1.16 bits per heavy atom. The summed E-state index contributed by atoms with van der Waals surface area (Å²) in [5.74, 6) is 0.692. The average molecular weight is 456 g/mol. The van der Waals surface area contributed by atoms with E-state index < -0.39 is 6.17 Å². The van der Waals surface area contributed by atoms with Crippen LogP contribution in [0.15, 0.2) is 30.7 Å². The van der Waals surface area contributed by atoms with Crippen LogP contribution in [-0.4, -0.2) is 62.5 Å². The molecule has 168 valence electrons. The maximum Gasteiger partial charge on any atom is 0.120 e. The van der Waals surface area contributed by atoms with Crippen molar-refractivity contribution in [1.29, 1.82) is 0 Å². The number of alkyl halides is 1. The van der Waals surface area contributed by atoms with Crippen molar-refractivity contribution in [1.82, 2.24) is 24.5 Å². The van der Waals surface area contributed by atoms with Gasteiger partial charge < -0.3 is 4.74 Å². The lowest BCUT2D eigenvalue weighted by atomic mass is 9.50. The van der Waals surface area contributed by atoms with Crippen molar-refractivity contribution in [2.24, 2.45) is 5.92 Å². The van der Waals surface area contributed by atoms with Crippen LogP contribution in [0.2, 0.25) is 5.02 Å². The summed E-state index contributed by atoms with van der Waals surface area (Å²) in [5, 5.41) is 10.9. The number of aromatic nitrogens is 4. The van der Waals surface area contributed by atoms with Gasteiger partial charge in [0.15, 0.2) is 0 Å². The Labute approximate surface area is 191 Å². The van der Waals surface area contributed by atoms with Crippen molar-refractivity contribution in [3.8, 4) is 5.69 Å². The Morgan fingerprint density at radius 2 is 1.97 bits per heavy atom. The van der Waals surface area contributed by atoms with Crippen LogP contribution >= 0.6 is 11.6 Å². The van der Waals surface area contributed by atoms with E-state index in [0.29, 0.717) is 24.8 Å². The van der Waals surface area contributed by atoms with E-state index in [2.05, 4.69) is 32.9 Å². The molecule has 4 heterocycles. The first kappa shape index (κ1) is 19.5. The lowest BCUT2D eigenvalue weighted by molar-refractivity contribution is -0.143. The third kappa shape index (κ3) is 2.65. The smallest absolute Gasteiger partial charge is 0.120 e. The highest BCUT2D eigenvalue weighted by Crippen LogP contribution is 2.62. The minimum Gasteiger partial charge on any atom is -0.377 e. The number of halogens is 2. The van der Waals surface area contributed by atoms with Gasteiger partial charge in [0.2, 0.25) is 0 Å². The van der Waals surface area contributed by atoms with Gasteiger partial charge in [0.1, 0.15) is 11.9 Å². The van der Waals surface area contributed by atoms with Crippen molar-refractivity contribution < 1.29 is 9.13 Å². The zero-order chi connectivity index (χ0) is 21.7. The SMILES string of the molecule is CC1(N2CC[C@@H](c3cc4c(cnn4-c4cnn(C56CC(C5)C6)c4)cc3Cl)[C@@H](F)C2)COC1. The number of rotatable bonds is 4. The standard InChI is InChI=1S/C24H27ClFN5O/c1-23(13-32-14-23)29-3-2-18(21(26)12-29)19-5-22-16(4-20(19)25)9-28-31(22)17-10-27-30(11-17)24-6-15(7-24)8-24/h4-5,9-11,15,18,21H,2-3,6-8,12-14H2,1H3/t15?,18-,21-,24?/m0/s1. The minimum atomic E-state index is -0.959. The van der Waals surface area contributed by atoms with Gasteiger partial charge in [0.05, 0.1) is 48.4 Å². The second-order valence-electron chi connectivity index (χ2n) is 10.7. The summed E-state index contributed by atoms with van der Waals surface area (Å²) < 4.78 is 24.8. The molecular weight excluding hydrogens is 429 g/mol. The number of ether oxygens (including phenoxy) is 1. The van der Waals surface area contributed by atoms with Crippen LogP contribution in [0.3, 0.4) is 0 Å². The van der Waals surface area contributed by atoms with Gasteiger partial charge in [-0.05, 0) is 62.8 Å². The van der Waals surface area contributed by atoms with E-state index >= 15 is 4.39 Å². The summed E-state index contributed by atoms with van der Waals surface area (Å²) >= 11 is 6.66. The molecule has 5 aliphatic rings. The lowest BCUT2D eigenvalue weighted by Crippen LogP contribution is -2.63. The predicted octanol–water partition coefficient (Wildman–Crippen LogP) is 4.30. The molecule has 2 saturated heterocycles. The number of benzene rings is 1. The van der Waals surface area contributed by atoms with Crippen LogP contribution in [-0.2, 0) is 10.3 Å². The van der Waals surface area contributed by atoms with Crippen molar-refractivity contribution in [3.05, 3.63) is 41.3 Å². The van der Waals surface area contributed by atoms with E-state index in [4.69, 9.17) is 16.3 Å². The quantitative estimate of drug-likeness (QED) is 0.588. The Morgan fingerprint density at radius 3 is 2.62 bits per heavy atom. The average Bonchev–Trinajstić information content (AvgIpc) is 3.30. The summed E-state index contributed by atoms with van der Waals surface area (Å²) in [6, 6.07) is 3.98. The van der Waals surface area contributed by atoms with Crippen LogP contribution in [0.4, 0.5) is 4.39 Å². The van der Waals surface area contributed by atoms with Gasteiger partial charge in [-0.15, -0.1) is 0 Å². The maximum absolute atomic E-state index is 15.4. The molecule has 0 unspecified atom stereocenters. The Bertz CT molecular complexity index is 1200. The summed E-state index contributed by atoms with van der Waals surface area (Å²) in [7, 11) is 0. The molecule has 0 radical (unpaired) electrons. The van der Waals surface area contributed by atoms with Gasteiger partial charge >= 0.3 is 0 Å². The van der Waals surface area contributed by atoms with E-state index in [1.54, 1.807) is 0 Å². The number of likely N-dealkylation sites (tertiary alicyclic amines) is 1. The predicted molar refractivity (Wildman–Crippen MR) is 120 cm³/mol. The Kier molecular flexibility index (Phi) is 3.99. The zero-order valence-electron chi connectivity index (χ0n) is 18.2. The molecule has 3 saturated carbocycles. The second kappa shape index (κ2) is 6.55. The number of hydrogen-bond donors (Lipinski definition) is 0. The molecule has 0 spiro atoms. The third-order valence-corrected chi connectivity index (χ3v) is 8.85. The van der Waals surface area contributed by atoms with Crippen molar-refractivity contribution >= 4 is 22.5 Å². The van der Waals surface area contributed by atoms with Gasteiger partial charge in [0, 0.05) is 22.9 Å². The molecule has 3 aliphatic carbocycles. The fourth-order valence-electron chi connectivity index (χ4n) is 6.27. The molecular formula is C24H27ClFN5O. The van der Waals surface area contributed by atoms with E-state index in [9.17, 15) is 0 Å². The second-order valence-corrected chi connectivity index (χ2v) is 11.1. The number of nitrogens with zero attached hydrogens (tertiary/aromatic N) is 5. The lowest BCUT2D eigenvalue weighted by Gasteiger charge is -2.61. The van der Waals surface area contributed by atoms with Crippen molar-refractivity contribution in [2.75, 3.05) is 26.3 Å². The number of piperidine rings is 1.